The molecule has 2 unspecified atom stereocenters. The van der Waals surface area contributed by atoms with Crippen molar-refractivity contribution in [1.82, 2.24) is 5.32 Å². The van der Waals surface area contributed by atoms with Crippen molar-refractivity contribution in [2.24, 2.45) is 0 Å². The van der Waals surface area contributed by atoms with Crippen molar-refractivity contribution in [2.45, 2.75) is 18.6 Å². The largest absolute Gasteiger partial charge is 0.496 e. The van der Waals surface area contributed by atoms with Crippen LogP contribution < -0.4 is 10.1 Å². The minimum Gasteiger partial charge on any atom is -0.496 e. The predicted molar refractivity (Wildman–Crippen MR) is 98.0 cm³/mol. The summed E-state index contributed by atoms with van der Waals surface area (Å²) in [6, 6.07) is 16.2. The molecular formula is C19H24ClNO3. The van der Waals surface area contributed by atoms with Gasteiger partial charge in [-0.3, -0.25) is 0 Å². The lowest BCUT2D eigenvalue weighted by atomic mass is 9.95. The lowest BCUT2D eigenvalue weighted by Gasteiger charge is -2.28. The van der Waals surface area contributed by atoms with E-state index in [9.17, 15) is 5.11 Å². The van der Waals surface area contributed by atoms with Crippen molar-refractivity contribution in [3.05, 3.63) is 54.1 Å². The van der Waals surface area contributed by atoms with E-state index in [4.69, 9.17) is 9.47 Å². The Morgan fingerprint density at radius 2 is 1.83 bits per heavy atom. The summed E-state index contributed by atoms with van der Waals surface area (Å²) >= 11 is 0. The number of hydrogen-bond acceptors (Lipinski definition) is 4. The van der Waals surface area contributed by atoms with Crippen LogP contribution in [0.1, 0.15) is 5.56 Å². The summed E-state index contributed by atoms with van der Waals surface area (Å²) in [7, 11) is 1.64. The molecule has 0 radical (unpaired) electrons. The Morgan fingerprint density at radius 3 is 2.33 bits per heavy atom. The first-order chi connectivity index (χ1) is 11.3. The standard InChI is InChI=1S/C13H19NO3.C6H4.ClH/c1-16-12-5-3-2-4-10(12)8-11(15)13-9-14-6-7-17-13;1-2-6-4-3-5(1)6;/h2-5,11,13-15H,6-9H2,1H3;1-4H;1H. The number of methoxy groups -OCH3 is 1. The molecule has 4 nitrogen and oxygen atoms in total. The van der Waals surface area contributed by atoms with E-state index < -0.39 is 6.10 Å². The number of rotatable bonds is 4. The average molecular weight is 350 g/mol. The van der Waals surface area contributed by atoms with Gasteiger partial charge in [-0.2, -0.15) is 0 Å². The Kier molecular flexibility index (Phi) is 7.06. The maximum Gasteiger partial charge on any atom is 0.122 e. The topological polar surface area (TPSA) is 50.7 Å². The van der Waals surface area contributed by atoms with Crippen LogP contribution in [0.5, 0.6) is 5.75 Å². The fourth-order valence-electron chi connectivity index (χ4n) is 2.72. The van der Waals surface area contributed by atoms with E-state index in [2.05, 4.69) is 29.6 Å². The summed E-state index contributed by atoms with van der Waals surface area (Å²) in [5, 5.41) is 13.3. The number of aliphatic hydroxyl groups is 1. The van der Waals surface area contributed by atoms with Crippen LogP contribution in [-0.2, 0) is 11.2 Å². The van der Waals surface area contributed by atoms with Crippen LogP contribution in [0.25, 0.3) is 11.1 Å². The van der Waals surface area contributed by atoms with E-state index >= 15 is 0 Å². The van der Waals surface area contributed by atoms with E-state index in [0.717, 1.165) is 17.9 Å². The average Bonchev–Trinajstić information content (AvgIpc) is 2.60. The molecule has 2 atom stereocenters. The first-order valence-electron chi connectivity index (χ1n) is 8.00. The van der Waals surface area contributed by atoms with Crippen LogP contribution in [-0.4, -0.2) is 44.1 Å². The van der Waals surface area contributed by atoms with Gasteiger partial charge < -0.3 is 19.9 Å². The zero-order valence-corrected chi connectivity index (χ0v) is 14.6. The summed E-state index contributed by atoms with van der Waals surface area (Å²) in [5.74, 6) is 0.815. The van der Waals surface area contributed by atoms with Gasteiger partial charge >= 0.3 is 0 Å². The minimum absolute atomic E-state index is 0. The van der Waals surface area contributed by atoms with Gasteiger partial charge in [-0.25, -0.2) is 0 Å². The molecule has 1 aliphatic heterocycles. The number of nitrogens with one attached hydrogen (secondary N) is 1. The smallest absolute Gasteiger partial charge is 0.122 e. The predicted octanol–water partition coefficient (Wildman–Crippen LogP) is 2.68. The molecule has 3 aliphatic rings. The molecule has 1 heterocycles. The van der Waals surface area contributed by atoms with E-state index in [1.165, 1.54) is 11.1 Å². The summed E-state index contributed by atoms with van der Waals surface area (Å²) in [6.45, 7) is 2.22. The summed E-state index contributed by atoms with van der Waals surface area (Å²) < 4.78 is 10.8. The SMILES string of the molecule is COc1ccccc1CC(O)C1CNCCO1.Cl.c1cc2ccc1-2. The molecule has 1 saturated heterocycles. The molecule has 0 amide bonds. The van der Waals surface area contributed by atoms with Gasteiger partial charge in [0.25, 0.3) is 0 Å². The Morgan fingerprint density at radius 1 is 1.17 bits per heavy atom. The molecule has 0 aromatic heterocycles. The van der Waals surface area contributed by atoms with Gasteiger partial charge in [-0.05, 0) is 22.8 Å². The molecule has 24 heavy (non-hydrogen) atoms. The van der Waals surface area contributed by atoms with Crippen molar-refractivity contribution in [2.75, 3.05) is 26.8 Å². The second kappa shape index (κ2) is 9.04. The van der Waals surface area contributed by atoms with Crippen LogP contribution >= 0.6 is 12.4 Å². The quantitative estimate of drug-likeness (QED) is 0.760. The summed E-state index contributed by atoms with van der Waals surface area (Å²) in [4.78, 5) is 0. The molecule has 4 rings (SSSR count). The van der Waals surface area contributed by atoms with Crippen molar-refractivity contribution in [1.29, 1.82) is 0 Å². The van der Waals surface area contributed by atoms with Crippen LogP contribution in [0.3, 0.4) is 0 Å². The van der Waals surface area contributed by atoms with Crippen molar-refractivity contribution < 1.29 is 14.6 Å². The number of fused-ring (bicyclic) bond motifs is 1. The molecule has 5 heteroatoms. The fraction of sp³-hybridized carbons (Fsp3) is 0.368. The lowest BCUT2D eigenvalue weighted by Crippen LogP contribution is -2.45. The molecule has 1 aromatic rings. The maximum absolute atomic E-state index is 10.1. The van der Waals surface area contributed by atoms with E-state index in [-0.39, 0.29) is 18.5 Å². The van der Waals surface area contributed by atoms with Gasteiger partial charge in [0.1, 0.15) is 5.75 Å². The number of para-hydroxylation sites is 1. The Labute approximate surface area is 149 Å². The van der Waals surface area contributed by atoms with Crippen molar-refractivity contribution in [3.8, 4) is 16.9 Å². The highest BCUT2D eigenvalue weighted by atomic mass is 35.5. The minimum atomic E-state index is -0.501. The van der Waals surface area contributed by atoms with Gasteiger partial charge in [0.05, 0.1) is 25.9 Å². The molecule has 2 N–H and O–H groups in total. The molecule has 0 spiro atoms. The number of morpholine rings is 1. The second-order valence-electron chi connectivity index (χ2n) is 5.77. The monoisotopic (exact) mass is 349 g/mol. The highest BCUT2D eigenvalue weighted by Gasteiger charge is 2.23. The summed E-state index contributed by atoms with van der Waals surface area (Å²) in [5.41, 5.74) is 3.86. The number of hydrogen-bond donors (Lipinski definition) is 2. The second-order valence-corrected chi connectivity index (χ2v) is 5.77. The highest BCUT2D eigenvalue weighted by Crippen LogP contribution is 2.29. The van der Waals surface area contributed by atoms with E-state index in [1.807, 2.05) is 24.3 Å². The molecule has 1 fully saturated rings. The van der Waals surface area contributed by atoms with Crippen LogP contribution in [0.15, 0.2) is 48.5 Å². The Hall–Kier alpha value is -1.59. The zero-order chi connectivity index (χ0) is 16.1. The third kappa shape index (κ3) is 4.48. The normalized spacial score (nSPS) is 18.5. The Balaban J connectivity index is 0.000000247. The molecule has 130 valence electrons. The first-order valence-corrected chi connectivity index (χ1v) is 8.00. The van der Waals surface area contributed by atoms with Gasteiger partial charge in [-0.15, -0.1) is 12.4 Å². The molecule has 1 aromatic carbocycles. The maximum atomic E-state index is 10.1. The molecule has 2 aliphatic carbocycles. The zero-order valence-electron chi connectivity index (χ0n) is 13.8. The number of ether oxygens (including phenoxy) is 2. The molecule has 0 bridgehead atoms. The Bertz CT molecular complexity index is 606. The third-order valence-corrected chi connectivity index (χ3v) is 4.23. The van der Waals surface area contributed by atoms with Crippen molar-refractivity contribution >= 4 is 12.4 Å². The van der Waals surface area contributed by atoms with Crippen LogP contribution in [0.2, 0.25) is 0 Å². The van der Waals surface area contributed by atoms with E-state index in [0.29, 0.717) is 19.6 Å². The van der Waals surface area contributed by atoms with Gasteiger partial charge in [0.2, 0.25) is 0 Å². The number of benzene rings is 2. The molecular weight excluding hydrogens is 326 g/mol. The third-order valence-electron chi connectivity index (χ3n) is 4.23. The lowest BCUT2D eigenvalue weighted by molar-refractivity contribution is -0.0516. The van der Waals surface area contributed by atoms with Gasteiger partial charge in [0.15, 0.2) is 0 Å². The van der Waals surface area contributed by atoms with Gasteiger partial charge in [0, 0.05) is 19.5 Å². The first kappa shape index (κ1) is 18.7. The number of aliphatic hydroxyl groups excluding tert-OH is 1. The van der Waals surface area contributed by atoms with E-state index in [1.54, 1.807) is 7.11 Å². The molecule has 0 saturated carbocycles. The van der Waals surface area contributed by atoms with Gasteiger partial charge in [-0.1, -0.05) is 42.5 Å². The van der Waals surface area contributed by atoms with Crippen LogP contribution in [0.4, 0.5) is 0 Å². The fourth-order valence-corrected chi connectivity index (χ4v) is 2.72. The van der Waals surface area contributed by atoms with Crippen molar-refractivity contribution in [3.63, 3.8) is 0 Å². The summed E-state index contributed by atoms with van der Waals surface area (Å²) in [6.07, 6.45) is -0.0798. The number of halogens is 1. The highest BCUT2D eigenvalue weighted by molar-refractivity contribution is 5.85. The van der Waals surface area contributed by atoms with Crippen LogP contribution in [0, 0.1) is 0 Å².